The third-order valence-corrected chi connectivity index (χ3v) is 3.22. The molecule has 0 radical (unpaired) electrons. The van der Waals surface area contributed by atoms with Crippen LogP contribution in [0.2, 0.25) is 0 Å². The van der Waals surface area contributed by atoms with Crippen LogP contribution in [-0.4, -0.2) is 37.6 Å². The number of amides is 2. The van der Waals surface area contributed by atoms with Gasteiger partial charge in [0.05, 0.1) is 0 Å². The fourth-order valence-corrected chi connectivity index (χ4v) is 2.13. The second kappa shape index (κ2) is 5.30. The largest absolute Gasteiger partial charge is 0.381 e. The Labute approximate surface area is 94.9 Å². The number of ether oxygens (including phenoxy) is 1. The Morgan fingerprint density at radius 2 is 2.12 bits per heavy atom. The van der Waals surface area contributed by atoms with E-state index in [0.29, 0.717) is 25.3 Å². The quantitative estimate of drug-likeness (QED) is 0.701. The molecular weight excluding hydrogens is 208 g/mol. The minimum Gasteiger partial charge on any atom is -0.381 e. The van der Waals surface area contributed by atoms with E-state index in [1.165, 1.54) is 0 Å². The minimum absolute atomic E-state index is 0.0220. The zero-order chi connectivity index (χ0) is 11.4. The van der Waals surface area contributed by atoms with Gasteiger partial charge in [-0.1, -0.05) is 0 Å². The molecule has 0 spiro atoms. The van der Waals surface area contributed by atoms with Gasteiger partial charge in [-0.15, -0.1) is 0 Å². The van der Waals surface area contributed by atoms with Gasteiger partial charge in [0.15, 0.2) is 0 Å². The Balaban J connectivity index is 1.68. The van der Waals surface area contributed by atoms with Gasteiger partial charge in [0.2, 0.25) is 11.8 Å². The molecule has 1 atom stereocenters. The molecule has 16 heavy (non-hydrogen) atoms. The van der Waals surface area contributed by atoms with Crippen LogP contribution in [-0.2, 0) is 14.3 Å². The zero-order valence-corrected chi connectivity index (χ0v) is 9.33. The number of nitrogens with one attached hydrogen (secondary N) is 2. The van der Waals surface area contributed by atoms with Gasteiger partial charge >= 0.3 is 0 Å². The standard InChI is InChI=1S/C11H18N2O3/c14-10-2-1-9(13-10)11(15)12-7-8-3-5-16-6-4-8/h8-9H,1-7H2,(H,12,15)(H,13,14). The molecule has 2 N–H and O–H groups in total. The van der Waals surface area contributed by atoms with Crippen molar-refractivity contribution in [3.63, 3.8) is 0 Å². The highest BCUT2D eigenvalue weighted by atomic mass is 16.5. The highest BCUT2D eigenvalue weighted by molar-refractivity contribution is 5.90. The van der Waals surface area contributed by atoms with E-state index < -0.39 is 0 Å². The highest BCUT2D eigenvalue weighted by Gasteiger charge is 2.27. The SMILES string of the molecule is O=C1CCC(C(=O)NCC2CCOCC2)N1. The van der Waals surface area contributed by atoms with E-state index in [1.54, 1.807) is 0 Å². The van der Waals surface area contributed by atoms with Crippen molar-refractivity contribution in [3.05, 3.63) is 0 Å². The molecule has 90 valence electrons. The van der Waals surface area contributed by atoms with E-state index in [4.69, 9.17) is 4.74 Å². The van der Waals surface area contributed by atoms with Crippen molar-refractivity contribution in [1.82, 2.24) is 10.6 Å². The Bertz CT molecular complexity index is 274. The number of carbonyl (C=O) groups excluding carboxylic acids is 2. The molecule has 5 nitrogen and oxygen atoms in total. The van der Waals surface area contributed by atoms with Crippen molar-refractivity contribution in [2.24, 2.45) is 5.92 Å². The molecule has 0 saturated carbocycles. The van der Waals surface area contributed by atoms with Crippen LogP contribution in [0.5, 0.6) is 0 Å². The summed E-state index contributed by atoms with van der Waals surface area (Å²) in [5.74, 6) is 0.457. The summed E-state index contributed by atoms with van der Waals surface area (Å²) in [5, 5.41) is 5.57. The molecule has 5 heteroatoms. The van der Waals surface area contributed by atoms with E-state index in [9.17, 15) is 9.59 Å². The van der Waals surface area contributed by atoms with Crippen molar-refractivity contribution in [2.75, 3.05) is 19.8 Å². The van der Waals surface area contributed by atoms with Gasteiger partial charge in [0.1, 0.15) is 6.04 Å². The molecule has 0 aromatic rings. The monoisotopic (exact) mass is 226 g/mol. The minimum atomic E-state index is -0.313. The Morgan fingerprint density at radius 3 is 2.75 bits per heavy atom. The summed E-state index contributed by atoms with van der Waals surface area (Å²) in [6.07, 6.45) is 3.11. The third-order valence-electron chi connectivity index (χ3n) is 3.22. The van der Waals surface area contributed by atoms with E-state index in [1.807, 2.05) is 0 Å². The summed E-state index contributed by atoms with van der Waals surface area (Å²) < 4.78 is 5.25. The summed E-state index contributed by atoms with van der Waals surface area (Å²) in [6.45, 7) is 2.29. The summed E-state index contributed by atoms with van der Waals surface area (Å²) in [5.41, 5.74) is 0. The maximum Gasteiger partial charge on any atom is 0.242 e. The van der Waals surface area contributed by atoms with E-state index >= 15 is 0 Å². The fraction of sp³-hybridized carbons (Fsp3) is 0.818. The first kappa shape index (κ1) is 11.4. The molecule has 2 heterocycles. The van der Waals surface area contributed by atoms with Crippen molar-refractivity contribution in [2.45, 2.75) is 31.7 Å². The van der Waals surface area contributed by atoms with Crippen LogP contribution in [0.4, 0.5) is 0 Å². The second-order valence-corrected chi connectivity index (χ2v) is 4.46. The Morgan fingerprint density at radius 1 is 1.38 bits per heavy atom. The summed E-state index contributed by atoms with van der Waals surface area (Å²) in [6, 6.07) is -0.313. The Kier molecular flexibility index (Phi) is 3.77. The van der Waals surface area contributed by atoms with Gasteiger partial charge in [-0.3, -0.25) is 9.59 Å². The van der Waals surface area contributed by atoms with Crippen LogP contribution >= 0.6 is 0 Å². The third kappa shape index (κ3) is 2.95. The molecule has 0 aromatic carbocycles. The predicted molar refractivity (Wildman–Crippen MR) is 57.7 cm³/mol. The van der Waals surface area contributed by atoms with Gasteiger partial charge in [-0.05, 0) is 25.2 Å². The molecule has 1 unspecified atom stereocenters. The average Bonchev–Trinajstić information content (AvgIpc) is 2.74. The summed E-state index contributed by atoms with van der Waals surface area (Å²) in [7, 11) is 0. The van der Waals surface area contributed by atoms with Gasteiger partial charge < -0.3 is 15.4 Å². The van der Waals surface area contributed by atoms with E-state index in [-0.39, 0.29) is 17.9 Å². The summed E-state index contributed by atoms with van der Waals surface area (Å²) >= 11 is 0. The number of hydrogen-bond acceptors (Lipinski definition) is 3. The Hall–Kier alpha value is -1.10. The molecular formula is C11H18N2O3. The van der Waals surface area contributed by atoms with Gasteiger partial charge in [-0.2, -0.15) is 0 Å². The number of hydrogen-bond donors (Lipinski definition) is 2. The predicted octanol–water partition coefficient (Wildman–Crippen LogP) is -0.192. The molecule has 2 saturated heterocycles. The van der Waals surface area contributed by atoms with E-state index in [2.05, 4.69) is 10.6 Å². The molecule has 2 rings (SSSR count). The van der Waals surface area contributed by atoms with Crippen LogP contribution < -0.4 is 10.6 Å². The summed E-state index contributed by atoms with van der Waals surface area (Å²) in [4.78, 5) is 22.6. The van der Waals surface area contributed by atoms with Crippen molar-refractivity contribution in [3.8, 4) is 0 Å². The zero-order valence-electron chi connectivity index (χ0n) is 9.33. The maximum absolute atomic E-state index is 11.7. The molecule has 0 bridgehead atoms. The smallest absolute Gasteiger partial charge is 0.242 e. The van der Waals surface area contributed by atoms with Crippen LogP contribution in [0.1, 0.15) is 25.7 Å². The van der Waals surface area contributed by atoms with Crippen molar-refractivity contribution >= 4 is 11.8 Å². The average molecular weight is 226 g/mol. The molecule has 0 aromatic heterocycles. The first-order valence-corrected chi connectivity index (χ1v) is 5.90. The van der Waals surface area contributed by atoms with Crippen LogP contribution in [0.3, 0.4) is 0 Å². The molecule has 0 aliphatic carbocycles. The van der Waals surface area contributed by atoms with Gasteiger partial charge in [0.25, 0.3) is 0 Å². The molecule has 2 fully saturated rings. The number of carbonyl (C=O) groups is 2. The van der Waals surface area contributed by atoms with Crippen LogP contribution in [0.25, 0.3) is 0 Å². The maximum atomic E-state index is 11.7. The normalized spacial score (nSPS) is 26.5. The van der Waals surface area contributed by atoms with E-state index in [0.717, 1.165) is 26.1 Å². The van der Waals surface area contributed by atoms with Gasteiger partial charge in [-0.25, -0.2) is 0 Å². The molecule has 2 aliphatic heterocycles. The van der Waals surface area contributed by atoms with Crippen LogP contribution in [0, 0.1) is 5.92 Å². The lowest BCUT2D eigenvalue weighted by Gasteiger charge is -2.22. The number of rotatable bonds is 3. The topological polar surface area (TPSA) is 67.4 Å². The first-order valence-electron chi connectivity index (χ1n) is 5.90. The molecule has 2 amide bonds. The lowest BCUT2D eigenvalue weighted by molar-refractivity contribution is -0.126. The molecule has 2 aliphatic rings. The van der Waals surface area contributed by atoms with Crippen LogP contribution in [0.15, 0.2) is 0 Å². The van der Waals surface area contributed by atoms with Crippen molar-refractivity contribution < 1.29 is 14.3 Å². The van der Waals surface area contributed by atoms with Gasteiger partial charge in [0, 0.05) is 26.2 Å². The second-order valence-electron chi connectivity index (χ2n) is 4.46. The van der Waals surface area contributed by atoms with Crippen molar-refractivity contribution in [1.29, 1.82) is 0 Å². The first-order chi connectivity index (χ1) is 7.75. The lowest BCUT2D eigenvalue weighted by Crippen LogP contribution is -2.43. The fourth-order valence-electron chi connectivity index (χ4n) is 2.13. The lowest BCUT2D eigenvalue weighted by atomic mass is 10.0. The highest BCUT2D eigenvalue weighted by Crippen LogP contribution is 2.13.